The van der Waals surface area contributed by atoms with Crippen LogP contribution in [-0.2, 0) is 19.7 Å². The highest BCUT2D eigenvalue weighted by molar-refractivity contribution is 7.85. The number of aliphatic carboxylic acids is 1. The third-order valence-electron chi connectivity index (χ3n) is 3.39. The van der Waals surface area contributed by atoms with Crippen molar-refractivity contribution in [2.24, 2.45) is 0 Å². The number of quaternary nitrogens is 2. The second kappa shape index (κ2) is 12.1. The minimum absolute atomic E-state index is 0.142. The van der Waals surface area contributed by atoms with E-state index >= 15 is 0 Å². The van der Waals surface area contributed by atoms with Gasteiger partial charge in [0.25, 0.3) is 10.1 Å². The number of carboxylic acids is 1. The smallest absolute Gasteiger partial charge is 0.359 e. The fraction of sp³-hybridized carbons (Fsp3) is 0.765. The lowest BCUT2D eigenvalue weighted by molar-refractivity contribution is -0.890. The molecule has 0 atom stereocenters. The maximum atomic E-state index is 11.2. The number of amides is 1. The summed E-state index contributed by atoms with van der Waals surface area (Å²) in [5, 5.41) is 11.0. The summed E-state index contributed by atoms with van der Waals surface area (Å²) in [5.74, 6) is -1.10. The van der Waals surface area contributed by atoms with E-state index in [2.05, 4.69) is 11.9 Å². The van der Waals surface area contributed by atoms with Gasteiger partial charge in [-0.3, -0.25) is 9.35 Å². The Morgan fingerprint density at radius 3 is 1.85 bits per heavy atom. The molecule has 0 aliphatic heterocycles. The van der Waals surface area contributed by atoms with Crippen molar-refractivity contribution in [1.82, 2.24) is 5.32 Å². The van der Waals surface area contributed by atoms with E-state index in [1.54, 1.807) is 6.92 Å². The van der Waals surface area contributed by atoms with Crippen molar-refractivity contribution in [2.75, 3.05) is 67.2 Å². The highest BCUT2D eigenvalue weighted by Crippen LogP contribution is 2.02. The van der Waals surface area contributed by atoms with E-state index in [9.17, 15) is 18.0 Å². The number of likely N-dealkylation sites (N-methyl/N-ethyl adjacent to an activating group) is 1. The molecule has 27 heavy (non-hydrogen) atoms. The summed E-state index contributed by atoms with van der Waals surface area (Å²) in [6.45, 7) is 7.44. The molecule has 0 saturated carbocycles. The third kappa shape index (κ3) is 22.5. The first kappa shape index (κ1) is 27.7. The normalized spacial score (nSPS) is 12.0. The first-order valence-corrected chi connectivity index (χ1v) is 10.3. The minimum atomic E-state index is -3.87. The molecule has 0 unspecified atom stereocenters. The summed E-state index contributed by atoms with van der Waals surface area (Å²) in [5.41, 5.74) is 0.488. The Morgan fingerprint density at radius 1 is 1.04 bits per heavy atom. The van der Waals surface area contributed by atoms with Crippen LogP contribution in [-0.4, -0.2) is 106 Å². The topological polar surface area (TPSA) is 121 Å². The Morgan fingerprint density at radius 2 is 1.52 bits per heavy atom. The number of rotatable bonds is 11. The van der Waals surface area contributed by atoms with E-state index in [1.807, 2.05) is 35.2 Å². The number of hydrogen-bond acceptors (Lipinski definition) is 4. The van der Waals surface area contributed by atoms with Crippen LogP contribution in [0.15, 0.2) is 12.2 Å². The summed E-state index contributed by atoms with van der Waals surface area (Å²) in [6.07, 6.45) is 1.22. The van der Waals surface area contributed by atoms with Gasteiger partial charge in [0.05, 0.1) is 54.1 Å². The van der Waals surface area contributed by atoms with Crippen LogP contribution in [0, 0.1) is 0 Å². The van der Waals surface area contributed by atoms with Crippen LogP contribution in [0.3, 0.4) is 0 Å². The summed E-state index contributed by atoms with van der Waals surface area (Å²) >= 11 is 0. The largest absolute Gasteiger partial charge is 0.477 e. The van der Waals surface area contributed by atoms with Crippen LogP contribution in [0.4, 0.5) is 0 Å². The lowest BCUT2D eigenvalue weighted by atomic mass is 10.3. The number of carbonyl (C=O) groups excluding carboxylic acids is 1. The zero-order valence-corrected chi connectivity index (χ0v) is 18.3. The molecule has 10 heteroatoms. The van der Waals surface area contributed by atoms with Crippen molar-refractivity contribution in [1.29, 1.82) is 0 Å². The zero-order valence-electron chi connectivity index (χ0n) is 17.5. The molecule has 0 aromatic heterocycles. The first-order valence-electron chi connectivity index (χ1n) is 8.68. The number of carbonyl (C=O) groups is 2. The van der Waals surface area contributed by atoms with E-state index < -0.39 is 16.1 Å². The van der Waals surface area contributed by atoms with Crippen molar-refractivity contribution < 1.29 is 36.6 Å². The second-order valence-electron chi connectivity index (χ2n) is 8.25. The molecule has 0 fully saturated rings. The lowest BCUT2D eigenvalue weighted by Crippen LogP contribution is -2.43. The van der Waals surface area contributed by atoms with Gasteiger partial charge in [-0.25, -0.2) is 4.79 Å². The van der Waals surface area contributed by atoms with Crippen LogP contribution in [0.2, 0.25) is 0 Å². The molecule has 0 saturated heterocycles. The number of nitrogens with zero attached hydrogens (tertiary/aromatic N) is 2. The second-order valence-corrected chi connectivity index (χ2v) is 9.83. The monoisotopic (exact) mass is 411 g/mol. The van der Waals surface area contributed by atoms with Crippen molar-refractivity contribution in [3.8, 4) is 0 Å². The summed E-state index contributed by atoms with van der Waals surface area (Å²) < 4.78 is 31.0. The van der Waals surface area contributed by atoms with E-state index in [1.165, 1.54) is 0 Å². The molecule has 1 amide bonds. The van der Waals surface area contributed by atoms with Crippen LogP contribution in [0.1, 0.15) is 19.8 Å². The summed E-state index contributed by atoms with van der Waals surface area (Å²) in [4.78, 5) is 21.2. The van der Waals surface area contributed by atoms with Gasteiger partial charge < -0.3 is 19.4 Å². The summed E-state index contributed by atoms with van der Waals surface area (Å²) in [7, 11) is 5.64. The quantitative estimate of drug-likeness (QED) is 0.193. The van der Waals surface area contributed by atoms with Gasteiger partial charge >= 0.3 is 5.97 Å². The predicted octanol–water partition coefficient (Wildman–Crippen LogP) is 0.200. The average molecular weight is 412 g/mol. The molecule has 0 spiro atoms. The molecular formula is C17H37N3O6S+2. The van der Waals surface area contributed by atoms with Crippen molar-refractivity contribution in [3.63, 3.8) is 0 Å². The molecular weight excluding hydrogens is 374 g/mol. The fourth-order valence-corrected chi connectivity index (χ4v) is 2.55. The fourth-order valence-electron chi connectivity index (χ4n) is 2.05. The van der Waals surface area contributed by atoms with E-state index in [4.69, 9.17) is 9.66 Å². The molecule has 0 rings (SSSR count). The van der Waals surface area contributed by atoms with E-state index in [-0.39, 0.29) is 18.2 Å². The Kier molecular flexibility index (Phi) is 12.4. The van der Waals surface area contributed by atoms with Crippen LogP contribution >= 0.6 is 0 Å². The van der Waals surface area contributed by atoms with Crippen molar-refractivity contribution >= 4 is 22.0 Å². The molecule has 160 valence electrons. The molecule has 9 nitrogen and oxygen atoms in total. The van der Waals surface area contributed by atoms with Gasteiger partial charge in [0.15, 0.2) is 6.54 Å². The zero-order chi connectivity index (χ0) is 21.9. The number of carboxylic acid groups (broad SMARTS) is 1. The minimum Gasteiger partial charge on any atom is -0.477 e. The molecule has 3 N–H and O–H groups in total. The van der Waals surface area contributed by atoms with Crippen LogP contribution < -0.4 is 5.32 Å². The SMILES string of the molecule is C=C(C)C(=O)NCCC[N+](C)(C)CCCS(=O)(=O)O.C[N+](C)(C)CC(=O)O. The van der Waals surface area contributed by atoms with Gasteiger partial charge in [-0.05, 0) is 6.92 Å². The number of hydrogen-bond donors (Lipinski definition) is 3. The predicted molar refractivity (Wildman–Crippen MR) is 106 cm³/mol. The molecule has 0 aromatic carbocycles. The Bertz CT molecular complexity index is 594. The molecule has 0 radical (unpaired) electrons. The highest BCUT2D eigenvalue weighted by atomic mass is 32.2. The van der Waals surface area contributed by atoms with Gasteiger partial charge in [-0.15, -0.1) is 0 Å². The molecule has 0 bridgehead atoms. The summed E-state index contributed by atoms with van der Waals surface area (Å²) in [6, 6.07) is 0. The average Bonchev–Trinajstić information content (AvgIpc) is 2.39. The van der Waals surface area contributed by atoms with Gasteiger partial charge in [0.2, 0.25) is 5.91 Å². The van der Waals surface area contributed by atoms with Gasteiger partial charge in [0.1, 0.15) is 0 Å². The van der Waals surface area contributed by atoms with Crippen molar-refractivity contribution in [2.45, 2.75) is 19.8 Å². The van der Waals surface area contributed by atoms with Crippen LogP contribution in [0.25, 0.3) is 0 Å². The molecule has 0 aliphatic carbocycles. The Balaban J connectivity index is 0. The Hall–Kier alpha value is -1.49. The number of nitrogens with one attached hydrogen (secondary N) is 1. The van der Waals surface area contributed by atoms with E-state index in [0.717, 1.165) is 13.0 Å². The molecule has 0 heterocycles. The Labute approximate surface area is 163 Å². The maximum absolute atomic E-state index is 11.2. The molecule has 0 aliphatic rings. The van der Waals surface area contributed by atoms with E-state index in [0.29, 0.717) is 34.0 Å². The standard InChI is InChI=1S/C12H24N2O4S.C5H11NO2/c1-11(2)12(15)13-7-5-8-14(3,4)9-6-10-19(16,17)18;1-6(2,3)4-5(7)8/h1,5-10H2,2-4H3,(H-,13,15,16,17,18);4H2,1-3H3/p+2. The first-order chi connectivity index (χ1) is 12.0. The van der Waals surface area contributed by atoms with Crippen LogP contribution in [0.5, 0.6) is 0 Å². The van der Waals surface area contributed by atoms with Gasteiger partial charge in [0, 0.05) is 25.0 Å². The van der Waals surface area contributed by atoms with Crippen molar-refractivity contribution in [3.05, 3.63) is 12.2 Å². The molecule has 0 aromatic rings. The van der Waals surface area contributed by atoms with Gasteiger partial charge in [-0.1, -0.05) is 6.58 Å². The van der Waals surface area contributed by atoms with Gasteiger partial charge in [-0.2, -0.15) is 8.42 Å². The highest BCUT2D eigenvalue weighted by Gasteiger charge is 2.16. The maximum Gasteiger partial charge on any atom is 0.359 e. The lowest BCUT2D eigenvalue weighted by Gasteiger charge is -2.29. The third-order valence-corrected chi connectivity index (χ3v) is 4.19.